The Balaban J connectivity index is 2.56. The molecule has 0 aliphatic carbocycles. The van der Waals surface area contributed by atoms with Gasteiger partial charge in [0, 0.05) is 12.6 Å². The molecule has 0 aromatic heterocycles. The van der Waals surface area contributed by atoms with Crippen molar-refractivity contribution in [3.05, 3.63) is 29.8 Å². The molecule has 1 N–H and O–H groups in total. The van der Waals surface area contributed by atoms with Crippen molar-refractivity contribution in [2.45, 2.75) is 26.8 Å². The normalized spacial score (nSPS) is 12.4. The van der Waals surface area contributed by atoms with Gasteiger partial charge < -0.3 is 14.8 Å². The van der Waals surface area contributed by atoms with Crippen molar-refractivity contribution in [3.63, 3.8) is 0 Å². The van der Waals surface area contributed by atoms with E-state index >= 15 is 0 Å². The third kappa shape index (κ3) is 4.21. The van der Waals surface area contributed by atoms with E-state index in [-0.39, 0.29) is 0 Å². The van der Waals surface area contributed by atoms with Crippen molar-refractivity contribution in [2.24, 2.45) is 0 Å². The first-order valence-electron chi connectivity index (χ1n) is 5.81. The van der Waals surface area contributed by atoms with E-state index < -0.39 is 0 Å². The highest BCUT2D eigenvalue weighted by Gasteiger charge is 2.04. The summed E-state index contributed by atoms with van der Waals surface area (Å²) in [7, 11) is 0. The van der Waals surface area contributed by atoms with Crippen LogP contribution < -0.4 is 10.1 Å². The molecule has 0 fully saturated rings. The topological polar surface area (TPSA) is 30.5 Å². The molecule has 3 nitrogen and oxygen atoms in total. The lowest BCUT2D eigenvalue weighted by atomic mass is 10.1. The van der Waals surface area contributed by atoms with Gasteiger partial charge >= 0.3 is 0 Å². The zero-order chi connectivity index (χ0) is 11.8. The van der Waals surface area contributed by atoms with Crippen LogP contribution in [0, 0.1) is 0 Å². The Kier molecular flexibility index (Phi) is 5.90. The van der Waals surface area contributed by atoms with Crippen molar-refractivity contribution in [1.29, 1.82) is 0 Å². The Bertz CT molecular complexity index is 302. The lowest BCUT2D eigenvalue weighted by Crippen LogP contribution is -2.17. The van der Waals surface area contributed by atoms with E-state index in [9.17, 15) is 0 Å². The number of hydrogen-bond donors (Lipinski definition) is 1. The van der Waals surface area contributed by atoms with Crippen LogP contribution in [0.1, 0.15) is 32.4 Å². The summed E-state index contributed by atoms with van der Waals surface area (Å²) >= 11 is 0. The highest BCUT2D eigenvalue weighted by molar-refractivity contribution is 5.30. The van der Waals surface area contributed by atoms with E-state index in [4.69, 9.17) is 9.47 Å². The van der Waals surface area contributed by atoms with Gasteiger partial charge in [0.05, 0.1) is 0 Å². The molecular formula is C13H21NO2. The smallest absolute Gasteiger partial charge is 0.189 e. The molecule has 1 rings (SSSR count). The lowest BCUT2D eigenvalue weighted by Gasteiger charge is -2.14. The van der Waals surface area contributed by atoms with Crippen molar-refractivity contribution < 1.29 is 9.47 Å². The first-order valence-corrected chi connectivity index (χ1v) is 5.81. The van der Waals surface area contributed by atoms with Gasteiger partial charge in [-0.25, -0.2) is 0 Å². The number of rotatable bonds is 7. The van der Waals surface area contributed by atoms with E-state index in [0.717, 1.165) is 12.3 Å². The Hall–Kier alpha value is -1.06. The maximum absolute atomic E-state index is 5.47. The molecule has 0 aliphatic heterocycles. The van der Waals surface area contributed by atoms with Crippen LogP contribution >= 0.6 is 0 Å². The number of nitrogens with one attached hydrogen (secondary N) is 1. The second-order valence-corrected chi connectivity index (χ2v) is 3.61. The fourth-order valence-corrected chi connectivity index (χ4v) is 1.49. The van der Waals surface area contributed by atoms with Crippen LogP contribution in [0.2, 0.25) is 0 Å². The molecule has 0 heterocycles. The van der Waals surface area contributed by atoms with Crippen molar-refractivity contribution in [2.75, 3.05) is 19.9 Å². The number of benzene rings is 1. The van der Waals surface area contributed by atoms with Crippen LogP contribution in [0.4, 0.5) is 0 Å². The number of hydrogen-bond acceptors (Lipinski definition) is 3. The van der Waals surface area contributed by atoms with Crippen LogP contribution in [-0.2, 0) is 4.74 Å². The van der Waals surface area contributed by atoms with E-state index in [1.165, 1.54) is 5.56 Å². The third-order valence-electron chi connectivity index (χ3n) is 2.38. The van der Waals surface area contributed by atoms with Crippen LogP contribution in [-0.4, -0.2) is 19.9 Å². The lowest BCUT2D eigenvalue weighted by molar-refractivity contribution is 0.0223. The molecule has 0 saturated heterocycles. The zero-order valence-corrected chi connectivity index (χ0v) is 10.3. The summed E-state index contributed by atoms with van der Waals surface area (Å²) < 4.78 is 10.6. The van der Waals surface area contributed by atoms with Crippen LogP contribution in [0.15, 0.2) is 24.3 Å². The second kappa shape index (κ2) is 7.25. The van der Waals surface area contributed by atoms with Gasteiger partial charge in [-0.05, 0) is 38.1 Å². The first-order chi connectivity index (χ1) is 7.77. The Morgan fingerprint density at radius 2 is 2.12 bits per heavy atom. The molecule has 1 aromatic carbocycles. The number of ether oxygens (including phenoxy) is 2. The van der Waals surface area contributed by atoms with Gasteiger partial charge in [0.25, 0.3) is 0 Å². The van der Waals surface area contributed by atoms with Gasteiger partial charge in [-0.1, -0.05) is 19.1 Å². The van der Waals surface area contributed by atoms with E-state index in [1.54, 1.807) is 0 Å². The van der Waals surface area contributed by atoms with Gasteiger partial charge in [0.15, 0.2) is 6.79 Å². The standard InChI is InChI=1S/C13H21NO2/c1-4-14-11(3)12-7-6-8-13(9-12)16-10-15-5-2/h6-9,11,14H,4-5,10H2,1-3H3. The quantitative estimate of drug-likeness (QED) is 0.569. The summed E-state index contributed by atoms with van der Waals surface area (Å²) in [6.07, 6.45) is 0. The summed E-state index contributed by atoms with van der Waals surface area (Å²) in [5.74, 6) is 0.857. The van der Waals surface area contributed by atoms with Crippen LogP contribution in [0.5, 0.6) is 5.75 Å². The zero-order valence-electron chi connectivity index (χ0n) is 10.3. The molecule has 0 aliphatic rings. The van der Waals surface area contributed by atoms with Crippen LogP contribution in [0.3, 0.4) is 0 Å². The summed E-state index contributed by atoms with van der Waals surface area (Å²) in [5.41, 5.74) is 1.23. The van der Waals surface area contributed by atoms with Gasteiger partial charge in [0.2, 0.25) is 0 Å². The first kappa shape index (κ1) is 13.0. The Morgan fingerprint density at radius 1 is 1.31 bits per heavy atom. The van der Waals surface area contributed by atoms with Gasteiger partial charge in [0.1, 0.15) is 5.75 Å². The minimum Gasteiger partial charge on any atom is -0.468 e. The average molecular weight is 223 g/mol. The molecule has 1 atom stereocenters. The highest BCUT2D eigenvalue weighted by atomic mass is 16.7. The average Bonchev–Trinajstić information content (AvgIpc) is 2.30. The molecule has 0 amide bonds. The molecule has 90 valence electrons. The van der Waals surface area contributed by atoms with Gasteiger partial charge in [-0.2, -0.15) is 0 Å². The minimum absolute atomic E-state index is 0.315. The summed E-state index contributed by atoms with van der Waals surface area (Å²) in [5, 5.41) is 3.37. The molecule has 3 heteroatoms. The van der Waals surface area contributed by atoms with Gasteiger partial charge in [-0.15, -0.1) is 0 Å². The Morgan fingerprint density at radius 3 is 2.81 bits per heavy atom. The summed E-state index contributed by atoms with van der Waals surface area (Å²) in [6.45, 7) is 8.15. The maximum Gasteiger partial charge on any atom is 0.189 e. The third-order valence-corrected chi connectivity index (χ3v) is 2.38. The van der Waals surface area contributed by atoms with E-state index in [0.29, 0.717) is 19.4 Å². The molecule has 0 spiro atoms. The largest absolute Gasteiger partial charge is 0.468 e. The maximum atomic E-state index is 5.47. The van der Waals surface area contributed by atoms with E-state index in [1.807, 2.05) is 25.1 Å². The summed E-state index contributed by atoms with van der Waals surface area (Å²) in [4.78, 5) is 0. The molecular weight excluding hydrogens is 202 g/mol. The fourth-order valence-electron chi connectivity index (χ4n) is 1.49. The fraction of sp³-hybridized carbons (Fsp3) is 0.538. The molecule has 16 heavy (non-hydrogen) atoms. The minimum atomic E-state index is 0.315. The van der Waals surface area contributed by atoms with Crippen LogP contribution in [0.25, 0.3) is 0 Å². The monoisotopic (exact) mass is 223 g/mol. The SMILES string of the molecule is CCNC(C)c1cccc(OCOCC)c1. The molecule has 0 radical (unpaired) electrons. The van der Waals surface area contributed by atoms with Gasteiger partial charge in [-0.3, -0.25) is 0 Å². The predicted octanol–water partition coefficient (Wildman–Crippen LogP) is 2.73. The second-order valence-electron chi connectivity index (χ2n) is 3.61. The predicted molar refractivity (Wildman–Crippen MR) is 65.7 cm³/mol. The molecule has 0 saturated carbocycles. The van der Waals surface area contributed by atoms with Crippen molar-refractivity contribution in [3.8, 4) is 5.75 Å². The Labute approximate surface area is 97.8 Å². The van der Waals surface area contributed by atoms with E-state index in [2.05, 4.69) is 25.2 Å². The molecule has 0 bridgehead atoms. The molecule has 1 unspecified atom stereocenters. The van der Waals surface area contributed by atoms with Crippen molar-refractivity contribution >= 4 is 0 Å². The molecule has 1 aromatic rings. The summed E-state index contributed by atoms with van der Waals surface area (Å²) in [6, 6.07) is 8.44. The van der Waals surface area contributed by atoms with Crippen molar-refractivity contribution in [1.82, 2.24) is 5.32 Å². The highest BCUT2D eigenvalue weighted by Crippen LogP contribution is 2.18.